The first-order valence-corrected chi connectivity index (χ1v) is 5.70. The number of hydrogen-bond acceptors (Lipinski definition) is 2. The van der Waals surface area contributed by atoms with E-state index in [2.05, 4.69) is 17.9 Å². The number of nitrogens with zero attached hydrogens (tertiary/aromatic N) is 1. The minimum absolute atomic E-state index is 0.295. The van der Waals surface area contributed by atoms with E-state index in [0.29, 0.717) is 12.5 Å². The third-order valence-electron chi connectivity index (χ3n) is 3.04. The fourth-order valence-electron chi connectivity index (χ4n) is 2.17. The summed E-state index contributed by atoms with van der Waals surface area (Å²) in [6.07, 6.45) is 1.08. The van der Waals surface area contributed by atoms with Crippen molar-refractivity contribution in [1.82, 2.24) is 0 Å². The van der Waals surface area contributed by atoms with Gasteiger partial charge in [-0.1, -0.05) is 11.6 Å². The lowest BCUT2D eigenvalue weighted by Crippen LogP contribution is -2.21. The monoisotopic (exact) mass is 225 g/mol. The summed E-state index contributed by atoms with van der Waals surface area (Å²) >= 11 is 5.92. The average Bonchev–Trinajstić information content (AvgIpc) is 2.66. The maximum Gasteiger partial charge on any atom is 0.0476 e. The molecule has 1 unspecified atom stereocenters. The topological polar surface area (TPSA) is 23.5 Å². The van der Waals surface area contributed by atoms with E-state index >= 15 is 0 Å². The first kappa shape index (κ1) is 10.8. The highest BCUT2D eigenvalue weighted by Crippen LogP contribution is 2.28. The van der Waals surface area contributed by atoms with Crippen molar-refractivity contribution in [3.05, 3.63) is 28.8 Å². The molecular weight excluding hydrogens is 210 g/mol. The van der Waals surface area contributed by atoms with Gasteiger partial charge in [-0.25, -0.2) is 0 Å². The van der Waals surface area contributed by atoms with Crippen LogP contribution < -0.4 is 4.90 Å². The molecule has 0 amide bonds. The smallest absolute Gasteiger partial charge is 0.0476 e. The lowest BCUT2D eigenvalue weighted by atomic mass is 10.1. The molecule has 1 aliphatic heterocycles. The van der Waals surface area contributed by atoms with Gasteiger partial charge in [-0.05, 0) is 37.1 Å². The molecule has 0 aliphatic carbocycles. The first-order chi connectivity index (χ1) is 7.20. The van der Waals surface area contributed by atoms with Crippen molar-refractivity contribution in [2.24, 2.45) is 5.92 Å². The third kappa shape index (κ3) is 2.27. The third-order valence-corrected chi connectivity index (χ3v) is 3.28. The summed E-state index contributed by atoms with van der Waals surface area (Å²) in [7, 11) is 0. The summed E-state index contributed by atoms with van der Waals surface area (Å²) in [6.45, 7) is 4.36. The Morgan fingerprint density at radius 1 is 1.53 bits per heavy atom. The van der Waals surface area contributed by atoms with Crippen molar-refractivity contribution < 1.29 is 5.11 Å². The lowest BCUT2D eigenvalue weighted by Gasteiger charge is -2.20. The maximum absolute atomic E-state index is 9.10. The number of halogens is 1. The van der Waals surface area contributed by atoms with Crippen LogP contribution >= 0.6 is 11.6 Å². The fourth-order valence-corrected chi connectivity index (χ4v) is 2.40. The molecule has 0 saturated carbocycles. The number of hydrogen-bond donors (Lipinski definition) is 1. The number of rotatable bonds is 2. The number of aryl methyl sites for hydroxylation is 1. The molecule has 2 rings (SSSR count). The van der Waals surface area contributed by atoms with Crippen molar-refractivity contribution in [3.63, 3.8) is 0 Å². The van der Waals surface area contributed by atoms with Gasteiger partial charge < -0.3 is 10.0 Å². The van der Waals surface area contributed by atoms with Gasteiger partial charge in [-0.3, -0.25) is 0 Å². The molecule has 15 heavy (non-hydrogen) atoms. The molecule has 0 spiro atoms. The van der Waals surface area contributed by atoms with Gasteiger partial charge in [0.2, 0.25) is 0 Å². The van der Waals surface area contributed by atoms with Crippen LogP contribution in [0.3, 0.4) is 0 Å². The second-order valence-corrected chi connectivity index (χ2v) is 4.65. The standard InChI is InChI=1S/C12H16ClNO/c1-9-6-11(13)2-3-12(9)14-5-4-10(7-14)8-15/h2-3,6,10,15H,4-5,7-8H2,1H3. The molecule has 1 aromatic rings. The quantitative estimate of drug-likeness (QED) is 0.836. The van der Waals surface area contributed by atoms with Crippen LogP contribution in [0.2, 0.25) is 5.02 Å². The molecule has 1 heterocycles. The Kier molecular flexibility index (Phi) is 3.17. The predicted octanol–water partition coefficient (Wildman–Crippen LogP) is 2.47. The van der Waals surface area contributed by atoms with Gasteiger partial charge in [0.1, 0.15) is 0 Å². The van der Waals surface area contributed by atoms with Crippen LogP contribution in [0.4, 0.5) is 5.69 Å². The Morgan fingerprint density at radius 2 is 2.33 bits per heavy atom. The SMILES string of the molecule is Cc1cc(Cl)ccc1N1CCC(CO)C1. The normalized spacial score (nSPS) is 21.0. The van der Waals surface area contributed by atoms with E-state index in [1.807, 2.05) is 12.1 Å². The molecule has 2 nitrogen and oxygen atoms in total. The van der Waals surface area contributed by atoms with E-state index in [1.165, 1.54) is 11.3 Å². The molecule has 1 aromatic carbocycles. The van der Waals surface area contributed by atoms with Gasteiger partial charge in [0.05, 0.1) is 0 Å². The Hall–Kier alpha value is -0.730. The van der Waals surface area contributed by atoms with Crippen LogP contribution in [0.5, 0.6) is 0 Å². The van der Waals surface area contributed by atoms with Crippen molar-refractivity contribution in [3.8, 4) is 0 Å². The van der Waals surface area contributed by atoms with Crippen molar-refractivity contribution in [2.45, 2.75) is 13.3 Å². The Labute approximate surface area is 95.5 Å². The van der Waals surface area contributed by atoms with Crippen molar-refractivity contribution in [1.29, 1.82) is 0 Å². The molecule has 3 heteroatoms. The fraction of sp³-hybridized carbons (Fsp3) is 0.500. The van der Waals surface area contributed by atoms with E-state index in [0.717, 1.165) is 24.5 Å². The minimum Gasteiger partial charge on any atom is -0.396 e. The summed E-state index contributed by atoms with van der Waals surface area (Å²) in [5.74, 6) is 0.431. The van der Waals surface area contributed by atoms with Crippen molar-refractivity contribution >= 4 is 17.3 Å². The van der Waals surface area contributed by atoms with Crippen LogP contribution in [0.1, 0.15) is 12.0 Å². The van der Waals surface area contributed by atoms with Gasteiger partial charge in [0.25, 0.3) is 0 Å². The van der Waals surface area contributed by atoms with Crippen LogP contribution in [-0.4, -0.2) is 24.8 Å². The van der Waals surface area contributed by atoms with Crippen LogP contribution in [-0.2, 0) is 0 Å². The Bertz CT molecular complexity index is 353. The molecule has 1 saturated heterocycles. The molecule has 1 fully saturated rings. The highest BCUT2D eigenvalue weighted by molar-refractivity contribution is 6.30. The van der Waals surface area contributed by atoms with Gasteiger partial charge in [-0.2, -0.15) is 0 Å². The minimum atomic E-state index is 0.295. The molecule has 1 N–H and O–H groups in total. The highest BCUT2D eigenvalue weighted by atomic mass is 35.5. The zero-order valence-corrected chi connectivity index (χ0v) is 9.67. The zero-order valence-electron chi connectivity index (χ0n) is 8.91. The number of benzene rings is 1. The summed E-state index contributed by atoms with van der Waals surface area (Å²) in [4.78, 5) is 2.33. The number of anilines is 1. The van der Waals surface area contributed by atoms with E-state index in [9.17, 15) is 0 Å². The van der Waals surface area contributed by atoms with Crippen LogP contribution in [0, 0.1) is 12.8 Å². The summed E-state index contributed by atoms with van der Waals surface area (Å²) in [5, 5.41) is 9.88. The predicted molar refractivity (Wildman–Crippen MR) is 63.6 cm³/mol. The molecule has 0 bridgehead atoms. The van der Waals surface area contributed by atoms with E-state index < -0.39 is 0 Å². The number of aliphatic hydroxyl groups excluding tert-OH is 1. The van der Waals surface area contributed by atoms with E-state index in [-0.39, 0.29) is 0 Å². The Morgan fingerprint density at radius 3 is 2.93 bits per heavy atom. The largest absolute Gasteiger partial charge is 0.396 e. The van der Waals surface area contributed by atoms with Crippen LogP contribution in [0.25, 0.3) is 0 Å². The summed E-state index contributed by atoms with van der Waals surface area (Å²) < 4.78 is 0. The van der Waals surface area contributed by atoms with Crippen LogP contribution in [0.15, 0.2) is 18.2 Å². The molecule has 82 valence electrons. The van der Waals surface area contributed by atoms with Gasteiger partial charge in [0.15, 0.2) is 0 Å². The Balaban J connectivity index is 2.17. The molecular formula is C12H16ClNO. The molecule has 0 aromatic heterocycles. The summed E-state index contributed by atoms with van der Waals surface area (Å²) in [6, 6.07) is 5.98. The maximum atomic E-state index is 9.10. The molecule has 0 radical (unpaired) electrons. The van der Waals surface area contributed by atoms with E-state index in [4.69, 9.17) is 16.7 Å². The number of aliphatic hydroxyl groups is 1. The van der Waals surface area contributed by atoms with Crippen molar-refractivity contribution in [2.75, 3.05) is 24.6 Å². The first-order valence-electron chi connectivity index (χ1n) is 5.32. The second-order valence-electron chi connectivity index (χ2n) is 4.21. The zero-order chi connectivity index (χ0) is 10.8. The lowest BCUT2D eigenvalue weighted by molar-refractivity contribution is 0.238. The molecule has 1 atom stereocenters. The molecule has 1 aliphatic rings. The highest BCUT2D eigenvalue weighted by Gasteiger charge is 2.22. The van der Waals surface area contributed by atoms with Gasteiger partial charge in [0, 0.05) is 36.3 Å². The van der Waals surface area contributed by atoms with E-state index in [1.54, 1.807) is 0 Å². The average molecular weight is 226 g/mol. The second kappa shape index (κ2) is 4.42. The van der Waals surface area contributed by atoms with Gasteiger partial charge >= 0.3 is 0 Å². The summed E-state index contributed by atoms with van der Waals surface area (Å²) in [5.41, 5.74) is 2.46. The van der Waals surface area contributed by atoms with Gasteiger partial charge in [-0.15, -0.1) is 0 Å².